The third kappa shape index (κ3) is 6.12. The predicted octanol–water partition coefficient (Wildman–Crippen LogP) is 9.34. The zero-order valence-corrected chi connectivity index (χ0v) is 26.7. The Hall–Kier alpha value is -4.08. The summed E-state index contributed by atoms with van der Waals surface area (Å²) in [7, 11) is -0.915. The molecule has 0 saturated heterocycles. The summed E-state index contributed by atoms with van der Waals surface area (Å²) in [5, 5.41) is 11.5. The molecule has 0 spiro atoms. The molecule has 0 unspecified atom stereocenters. The molecule has 0 aromatic heterocycles. The summed E-state index contributed by atoms with van der Waals surface area (Å²) in [4.78, 5) is 0. The quantitative estimate of drug-likeness (QED) is 0.108. The largest absolute Gasteiger partial charge is 0.0622 e. The van der Waals surface area contributed by atoms with Crippen LogP contribution >= 0.6 is 15.8 Å². The van der Waals surface area contributed by atoms with Crippen LogP contribution in [0.2, 0.25) is 0 Å². The van der Waals surface area contributed by atoms with Crippen molar-refractivity contribution < 1.29 is 0 Å². The van der Waals surface area contributed by atoms with E-state index in [0.717, 1.165) is 25.2 Å². The van der Waals surface area contributed by atoms with Crippen molar-refractivity contribution in [1.29, 1.82) is 0 Å². The highest BCUT2D eigenvalue weighted by Crippen LogP contribution is 2.41. The van der Waals surface area contributed by atoms with Gasteiger partial charge in [0.1, 0.15) is 0 Å². The van der Waals surface area contributed by atoms with Gasteiger partial charge in [-0.1, -0.05) is 170 Å². The minimum Gasteiger partial charge on any atom is -0.0622 e. The van der Waals surface area contributed by atoms with E-state index < -0.39 is 15.8 Å². The van der Waals surface area contributed by atoms with Crippen LogP contribution in [0, 0.1) is 0 Å². The molecular weight excluding hydrogens is 566 g/mol. The predicted molar refractivity (Wildman–Crippen MR) is 197 cm³/mol. The van der Waals surface area contributed by atoms with E-state index in [9.17, 15) is 0 Å². The molecule has 0 radical (unpaired) electrons. The molecular formula is C42H36P2. The van der Waals surface area contributed by atoms with E-state index in [2.05, 4.69) is 170 Å². The fourth-order valence-electron chi connectivity index (χ4n) is 6.54. The van der Waals surface area contributed by atoms with Crippen LogP contribution in [-0.4, -0.2) is 12.3 Å². The first-order chi connectivity index (χ1) is 21.9. The monoisotopic (exact) mass is 602 g/mol. The summed E-state index contributed by atoms with van der Waals surface area (Å²) in [6.07, 6.45) is 4.36. The van der Waals surface area contributed by atoms with Gasteiger partial charge in [-0.15, -0.1) is 0 Å². The fourth-order valence-corrected chi connectivity index (χ4v) is 11.2. The molecule has 0 aliphatic rings. The van der Waals surface area contributed by atoms with Crippen molar-refractivity contribution in [2.45, 2.75) is 12.8 Å². The van der Waals surface area contributed by atoms with Gasteiger partial charge in [-0.2, -0.15) is 0 Å². The van der Waals surface area contributed by atoms with Crippen molar-refractivity contribution in [1.82, 2.24) is 0 Å². The van der Waals surface area contributed by atoms with E-state index in [0.29, 0.717) is 0 Å². The summed E-state index contributed by atoms with van der Waals surface area (Å²) in [5.74, 6) is 0. The number of benzene rings is 7. The lowest BCUT2D eigenvalue weighted by Crippen LogP contribution is -2.15. The first-order valence-corrected chi connectivity index (χ1v) is 18.6. The van der Waals surface area contributed by atoms with E-state index in [1.165, 1.54) is 53.9 Å². The molecule has 0 fully saturated rings. The summed E-state index contributed by atoms with van der Waals surface area (Å²) < 4.78 is 0. The maximum atomic E-state index is 2.37. The van der Waals surface area contributed by atoms with Crippen LogP contribution in [0.3, 0.4) is 0 Å². The molecule has 0 aliphatic heterocycles. The summed E-state index contributed by atoms with van der Waals surface area (Å²) in [5.41, 5.74) is 2.99. The summed E-state index contributed by atoms with van der Waals surface area (Å²) >= 11 is 0. The normalized spacial score (nSPS) is 11.5. The molecule has 44 heavy (non-hydrogen) atoms. The Bertz CT molecular complexity index is 1670. The lowest BCUT2D eigenvalue weighted by atomic mass is 9.89. The van der Waals surface area contributed by atoms with E-state index in [-0.39, 0.29) is 0 Å². The van der Waals surface area contributed by atoms with Crippen LogP contribution in [0.15, 0.2) is 170 Å². The molecule has 2 heteroatoms. The summed E-state index contributed by atoms with van der Waals surface area (Å²) in [6.45, 7) is 0. The van der Waals surface area contributed by atoms with E-state index in [1.807, 2.05) is 0 Å². The fraction of sp³-hybridized carbons (Fsp3) is 0.0952. The molecule has 7 rings (SSSR count). The second-order valence-electron chi connectivity index (χ2n) is 11.2. The van der Waals surface area contributed by atoms with Gasteiger partial charge in [-0.3, -0.25) is 0 Å². The van der Waals surface area contributed by atoms with Crippen LogP contribution in [0.4, 0.5) is 0 Å². The number of aryl methyl sites for hydroxylation is 2. The lowest BCUT2D eigenvalue weighted by Gasteiger charge is -2.23. The number of rotatable bonds is 10. The van der Waals surface area contributed by atoms with Crippen molar-refractivity contribution in [2.75, 3.05) is 12.3 Å². The van der Waals surface area contributed by atoms with Gasteiger partial charge in [0.05, 0.1) is 0 Å². The highest BCUT2D eigenvalue weighted by Gasteiger charge is 2.20. The van der Waals surface area contributed by atoms with Crippen molar-refractivity contribution in [3.05, 3.63) is 181 Å². The molecule has 0 bridgehead atoms. The minimum absolute atomic E-state index is 0.457. The third-order valence-corrected chi connectivity index (χ3v) is 13.6. The van der Waals surface area contributed by atoms with Gasteiger partial charge in [0.15, 0.2) is 0 Å². The lowest BCUT2D eigenvalue weighted by molar-refractivity contribution is 1.17. The van der Waals surface area contributed by atoms with E-state index in [1.54, 1.807) is 0 Å². The SMILES string of the molecule is c1ccc(P(CCc2c3ccccc3c(CCP(c3ccccc3)c3ccccc3)c3ccccc23)c2ccccc2)cc1. The van der Waals surface area contributed by atoms with Crippen LogP contribution in [-0.2, 0) is 12.8 Å². The molecule has 0 aliphatic carbocycles. The van der Waals surface area contributed by atoms with Crippen molar-refractivity contribution in [3.63, 3.8) is 0 Å². The Balaban J connectivity index is 1.28. The third-order valence-electron chi connectivity index (χ3n) is 8.60. The Morgan fingerprint density at radius 1 is 0.273 bits per heavy atom. The topological polar surface area (TPSA) is 0 Å². The Kier molecular flexibility index (Phi) is 8.93. The van der Waals surface area contributed by atoms with Crippen molar-refractivity contribution in [2.24, 2.45) is 0 Å². The number of fused-ring (bicyclic) bond motifs is 2. The van der Waals surface area contributed by atoms with E-state index in [4.69, 9.17) is 0 Å². The van der Waals surface area contributed by atoms with Gasteiger partial charge in [-0.25, -0.2) is 0 Å². The van der Waals surface area contributed by atoms with Crippen LogP contribution < -0.4 is 21.2 Å². The zero-order chi connectivity index (χ0) is 29.6. The molecule has 0 atom stereocenters. The van der Waals surface area contributed by atoms with Gasteiger partial charge < -0.3 is 0 Å². The van der Waals surface area contributed by atoms with Gasteiger partial charge in [0.25, 0.3) is 0 Å². The first kappa shape index (κ1) is 28.7. The molecule has 0 nitrogen and oxygen atoms in total. The number of hydrogen-bond acceptors (Lipinski definition) is 0. The second-order valence-corrected chi connectivity index (χ2v) is 15.9. The maximum Gasteiger partial charge on any atom is -0.0143 e. The smallest absolute Gasteiger partial charge is 0.0143 e. The van der Waals surface area contributed by atoms with E-state index >= 15 is 0 Å². The van der Waals surface area contributed by atoms with Crippen LogP contribution in [0.25, 0.3) is 21.5 Å². The second kappa shape index (κ2) is 13.7. The highest BCUT2D eigenvalue weighted by atomic mass is 31.1. The zero-order valence-electron chi connectivity index (χ0n) is 24.9. The van der Waals surface area contributed by atoms with Gasteiger partial charge in [-0.05, 0) is 94.9 Å². The molecule has 0 amide bonds. The molecule has 0 heterocycles. The standard InChI is InChI=1S/C42H36P2/c1-5-17-33(18-6-1)43(34-19-7-2-8-20-34)31-29-41-37-25-13-15-27-39(37)42(40-28-16-14-26-38(40)41)30-32-44(35-21-9-3-10-22-35)36-23-11-4-12-24-36/h1-28H,29-32H2. The number of hydrogen-bond donors (Lipinski definition) is 0. The molecule has 214 valence electrons. The Labute approximate surface area is 263 Å². The van der Waals surface area contributed by atoms with Crippen molar-refractivity contribution >= 4 is 58.6 Å². The summed E-state index contributed by atoms with van der Waals surface area (Å²) in [6, 6.07) is 62.9. The first-order valence-electron chi connectivity index (χ1n) is 15.5. The average Bonchev–Trinajstić information content (AvgIpc) is 3.11. The molecule has 0 saturated carbocycles. The Morgan fingerprint density at radius 2 is 0.500 bits per heavy atom. The van der Waals surface area contributed by atoms with Gasteiger partial charge in [0, 0.05) is 0 Å². The minimum atomic E-state index is -0.457. The van der Waals surface area contributed by atoms with Gasteiger partial charge in [0.2, 0.25) is 0 Å². The maximum absolute atomic E-state index is 2.37. The molecule has 7 aromatic carbocycles. The van der Waals surface area contributed by atoms with Gasteiger partial charge >= 0.3 is 0 Å². The van der Waals surface area contributed by atoms with Crippen LogP contribution in [0.1, 0.15) is 11.1 Å². The molecule has 0 N–H and O–H groups in total. The molecule has 7 aromatic rings. The Morgan fingerprint density at radius 3 is 0.750 bits per heavy atom. The average molecular weight is 603 g/mol. The van der Waals surface area contributed by atoms with Crippen molar-refractivity contribution in [3.8, 4) is 0 Å². The van der Waals surface area contributed by atoms with Crippen LogP contribution in [0.5, 0.6) is 0 Å². The highest BCUT2D eigenvalue weighted by molar-refractivity contribution is 7.73.